The van der Waals surface area contributed by atoms with Gasteiger partial charge in [-0.3, -0.25) is 9.52 Å². The predicted molar refractivity (Wildman–Crippen MR) is 124 cm³/mol. The summed E-state index contributed by atoms with van der Waals surface area (Å²) in [6.07, 6.45) is 1.60. The number of hydrogen-bond donors (Lipinski definition) is 2. The standard InChI is InChI=1S/C22H20N4O5S2/c1-31-22(28)16-9-15(10-17(11-16)25-33(29,30)21-7-4-8-32-21)12-23-20(27)13-26-14-24-18-5-2-3-6-19(18)26/h2-11,14,25H,12-13H2,1H3,(H,23,27). The number of para-hydroxylation sites is 2. The highest BCUT2D eigenvalue weighted by molar-refractivity contribution is 7.94. The van der Waals surface area contributed by atoms with Crippen LogP contribution in [-0.4, -0.2) is 37.0 Å². The first-order valence-electron chi connectivity index (χ1n) is 9.81. The molecule has 9 nitrogen and oxygen atoms in total. The van der Waals surface area contributed by atoms with Gasteiger partial charge in [0.15, 0.2) is 0 Å². The molecule has 2 N–H and O–H groups in total. The summed E-state index contributed by atoms with van der Waals surface area (Å²) in [5.41, 5.74) is 2.51. The van der Waals surface area contributed by atoms with Gasteiger partial charge in [0.05, 0.1) is 35.7 Å². The second-order valence-corrected chi connectivity index (χ2v) is 9.94. The highest BCUT2D eigenvalue weighted by atomic mass is 32.2. The topological polar surface area (TPSA) is 119 Å². The fraction of sp³-hybridized carbons (Fsp3) is 0.136. The van der Waals surface area contributed by atoms with Crippen molar-refractivity contribution in [2.24, 2.45) is 0 Å². The number of nitrogens with one attached hydrogen (secondary N) is 2. The third kappa shape index (κ3) is 5.21. The molecular weight excluding hydrogens is 464 g/mol. The molecule has 0 aliphatic carbocycles. The maximum absolute atomic E-state index is 12.6. The summed E-state index contributed by atoms with van der Waals surface area (Å²) in [4.78, 5) is 28.9. The van der Waals surface area contributed by atoms with Gasteiger partial charge in [-0.25, -0.2) is 18.2 Å². The number of thiophene rings is 1. The number of amides is 1. The van der Waals surface area contributed by atoms with E-state index in [1.165, 1.54) is 19.2 Å². The van der Waals surface area contributed by atoms with Crippen molar-refractivity contribution in [2.45, 2.75) is 17.3 Å². The van der Waals surface area contributed by atoms with Gasteiger partial charge in [-0.1, -0.05) is 18.2 Å². The fourth-order valence-electron chi connectivity index (χ4n) is 3.26. The average Bonchev–Trinajstić information content (AvgIpc) is 3.48. The highest BCUT2D eigenvalue weighted by Crippen LogP contribution is 2.23. The van der Waals surface area contributed by atoms with E-state index in [2.05, 4.69) is 15.0 Å². The zero-order valence-electron chi connectivity index (χ0n) is 17.5. The van der Waals surface area contributed by atoms with Gasteiger partial charge < -0.3 is 14.6 Å². The number of fused-ring (bicyclic) bond motifs is 1. The molecular formula is C22H20N4O5S2. The summed E-state index contributed by atoms with van der Waals surface area (Å²) in [5.74, 6) is -0.882. The molecule has 0 saturated heterocycles. The minimum atomic E-state index is -3.80. The van der Waals surface area contributed by atoms with E-state index in [1.54, 1.807) is 34.5 Å². The molecule has 0 aliphatic rings. The SMILES string of the molecule is COC(=O)c1cc(CNC(=O)Cn2cnc3ccccc32)cc(NS(=O)(=O)c2cccs2)c1. The third-order valence-electron chi connectivity index (χ3n) is 4.76. The van der Waals surface area contributed by atoms with E-state index in [0.717, 1.165) is 22.4 Å². The van der Waals surface area contributed by atoms with Crippen molar-refractivity contribution in [1.82, 2.24) is 14.9 Å². The third-order valence-corrected chi connectivity index (χ3v) is 7.54. The Bertz CT molecular complexity index is 1410. The summed E-state index contributed by atoms with van der Waals surface area (Å²) < 4.78 is 34.3. The molecule has 0 bridgehead atoms. The lowest BCUT2D eigenvalue weighted by molar-refractivity contribution is -0.121. The second kappa shape index (κ2) is 9.43. The molecule has 1 amide bonds. The Kier molecular flexibility index (Phi) is 6.43. The number of carbonyl (C=O) groups excluding carboxylic acids is 2. The second-order valence-electron chi connectivity index (χ2n) is 7.09. The lowest BCUT2D eigenvalue weighted by Gasteiger charge is -2.12. The Labute approximate surface area is 194 Å². The van der Waals surface area contributed by atoms with E-state index in [0.29, 0.717) is 5.56 Å². The summed E-state index contributed by atoms with van der Waals surface area (Å²) in [6, 6.07) is 15.1. The lowest BCUT2D eigenvalue weighted by Crippen LogP contribution is -2.27. The number of hydrogen-bond acceptors (Lipinski definition) is 7. The van der Waals surface area contributed by atoms with Gasteiger partial charge in [-0.2, -0.15) is 0 Å². The van der Waals surface area contributed by atoms with E-state index < -0.39 is 16.0 Å². The molecule has 4 aromatic rings. The van der Waals surface area contributed by atoms with Crippen LogP contribution in [0.2, 0.25) is 0 Å². The van der Waals surface area contributed by atoms with Gasteiger partial charge in [0.2, 0.25) is 5.91 Å². The van der Waals surface area contributed by atoms with Crippen LogP contribution in [0.15, 0.2) is 70.5 Å². The number of aromatic nitrogens is 2. The molecule has 170 valence electrons. The quantitative estimate of drug-likeness (QED) is 0.371. The maximum atomic E-state index is 12.6. The first-order chi connectivity index (χ1) is 15.9. The van der Waals surface area contributed by atoms with Gasteiger partial charge in [0.25, 0.3) is 10.0 Å². The van der Waals surface area contributed by atoms with E-state index in [4.69, 9.17) is 4.74 Å². The maximum Gasteiger partial charge on any atom is 0.337 e. The molecule has 0 fully saturated rings. The molecule has 11 heteroatoms. The Morgan fingerprint density at radius 1 is 1.12 bits per heavy atom. The summed E-state index contributed by atoms with van der Waals surface area (Å²) in [6.45, 7) is 0.152. The van der Waals surface area contributed by atoms with Crippen molar-refractivity contribution in [2.75, 3.05) is 11.8 Å². The average molecular weight is 485 g/mol. The molecule has 0 aliphatic heterocycles. The van der Waals surface area contributed by atoms with Crippen molar-refractivity contribution in [1.29, 1.82) is 0 Å². The molecule has 0 unspecified atom stereocenters. The molecule has 0 saturated carbocycles. The van der Waals surface area contributed by atoms with Crippen LogP contribution >= 0.6 is 11.3 Å². The zero-order chi connectivity index (χ0) is 23.4. The number of ether oxygens (including phenoxy) is 1. The fourth-order valence-corrected chi connectivity index (χ4v) is 5.29. The highest BCUT2D eigenvalue weighted by Gasteiger charge is 2.17. The summed E-state index contributed by atoms with van der Waals surface area (Å²) in [5, 5.41) is 4.45. The molecule has 33 heavy (non-hydrogen) atoms. The van der Waals surface area contributed by atoms with E-state index >= 15 is 0 Å². The molecule has 0 radical (unpaired) electrons. The van der Waals surface area contributed by atoms with Gasteiger partial charge in [-0.05, 0) is 47.3 Å². The predicted octanol–water partition coefficient (Wildman–Crippen LogP) is 3.00. The molecule has 4 rings (SSSR count). The number of methoxy groups -OCH3 is 1. The Hall–Kier alpha value is -3.70. The van der Waals surface area contributed by atoms with Gasteiger partial charge in [0.1, 0.15) is 10.8 Å². The normalized spacial score (nSPS) is 11.3. The van der Waals surface area contributed by atoms with Crippen molar-refractivity contribution < 1.29 is 22.7 Å². The first-order valence-corrected chi connectivity index (χ1v) is 12.2. The van der Waals surface area contributed by atoms with Crippen LogP contribution in [0.25, 0.3) is 11.0 Å². The van der Waals surface area contributed by atoms with Crippen LogP contribution in [-0.2, 0) is 32.6 Å². The number of anilines is 1. The van der Waals surface area contributed by atoms with Crippen molar-refractivity contribution in [3.8, 4) is 0 Å². The zero-order valence-corrected chi connectivity index (χ0v) is 19.2. The van der Waals surface area contributed by atoms with E-state index in [1.807, 2.05) is 24.3 Å². The Morgan fingerprint density at radius 3 is 2.70 bits per heavy atom. The molecule has 0 spiro atoms. The monoisotopic (exact) mass is 484 g/mol. The van der Waals surface area contributed by atoms with E-state index in [9.17, 15) is 18.0 Å². The van der Waals surface area contributed by atoms with Crippen molar-refractivity contribution >= 4 is 50.0 Å². The van der Waals surface area contributed by atoms with Crippen LogP contribution in [0.4, 0.5) is 5.69 Å². The van der Waals surface area contributed by atoms with Crippen LogP contribution < -0.4 is 10.0 Å². The molecule has 0 atom stereocenters. The van der Waals surface area contributed by atoms with Gasteiger partial charge in [0, 0.05) is 6.54 Å². The number of rotatable bonds is 8. The van der Waals surface area contributed by atoms with Crippen LogP contribution in [0.1, 0.15) is 15.9 Å². The van der Waals surface area contributed by atoms with Gasteiger partial charge >= 0.3 is 5.97 Å². The van der Waals surface area contributed by atoms with Crippen molar-refractivity contribution in [3.63, 3.8) is 0 Å². The largest absolute Gasteiger partial charge is 0.465 e. The number of imidazole rings is 1. The van der Waals surface area contributed by atoms with Crippen LogP contribution in [0.3, 0.4) is 0 Å². The minimum Gasteiger partial charge on any atom is -0.465 e. The van der Waals surface area contributed by atoms with Crippen molar-refractivity contribution in [3.05, 3.63) is 77.4 Å². The Balaban J connectivity index is 1.51. The summed E-state index contributed by atoms with van der Waals surface area (Å²) >= 11 is 1.08. The Morgan fingerprint density at radius 2 is 1.94 bits per heavy atom. The van der Waals surface area contributed by atoms with Crippen LogP contribution in [0.5, 0.6) is 0 Å². The molecule has 2 aromatic carbocycles. The smallest absolute Gasteiger partial charge is 0.337 e. The number of nitrogens with zero attached hydrogens (tertiary/aromatic N) is 2. The van der Waals surface area contributed by atoms with Crippen LogP contribution in [0, 0.1) is 0 Å². The number of sulfonamides is 1. The van der Waals surface area contributed by atoms with E-state index in [-0.39, 0.29) is 34.5 Å². The number of esters is 1. The first kappa shape index (κ1) is 22.5. The lowest BCUT2D eigenvalue weighted by atomic mass is 10.1. The number of benzene rings is 2. The number of carbonyl (C=O) groups is 2. The van der Waals surface area contributed by atoms with Gasteiger partial charge in [-0.15, -0.1) is 11.3 Å². The summed E-state index contributed by atoms with van der Waals surface area (Å²) in [7, 11) is -2.57. The minimum absolute atomic E-state index is 0.0646. The molecule has 2 heterocycles. The molecule has 2 aromatic heterocycles.